The quantitative estimate of drug-likeness (QED) is 0.766. The predicted molar refractivity (Wildman–Crippen MR) is 108 cm³/mol. The maximum absolute atomic E-state index is 13.0. The number of methoxy groups -OCH3 is 1. The van der Waals surface area contributed by atoms with Crippen LogP contribution in [0.1, 0.15) is 22.7 Å². The highest BCUT2D eigenvalue weighted by Gasteiger charge is 2.32. The third kappa shape index (κ3) is 5.41. The minimum atomic E-state index is -3.00. The van der Waals surface area contributed by atoms with Gasteiger partial charge in [0.25, 0.3) is 0 Å². The molecule has 1 aliphatic rings. The molecule has 0 aromatic heterocycles. The summed E-state index contributed by atoms with van der Waals surface area (Å²) in [5.74, 6) is 0.0567. The van der Waals surface area contributed by atoms with E-state index in [1.807, 2.05) is 59.5 Å². The summed E-state index contributed by atoms with van der Waals surface area (Å²) < 4.78 is 28.7. The van der Waals surface area contributed by atoms with Gasteiger partial charge in [0.1, 0.15) is 6.04 Å². The Morgan fingerprint density at radius 2 is 1.64 bits per heavy atom. The minimum Gasteiger partial charge on any atom is -0.380 e. The molecular weight excluding hydrogens is 376 g/mol. The average molecular weight is 403 g/mol. The third-order valence-corrected chi connectivity index (χ3v) is 6.52. The second-order valence-electron chi connectivity index (χ2n) is 6.97. The standard InChI is InChI=1S/C21H26N2O4S/c1-27-16-18-9-7-17(8-10-18)15-22-21(24)20(19-5-3-2-4-6-19)23-11-13-28(25,26)14-12-23/h2-10,20H,11-16H2,1H3,(H,22,24). The lowest BCUT2D eigenvalue weighted by atomic mass is 10.0. The number of ether oxygens (including phenoxy) is 1. The summed E-state index contributed by atoms with van der Waals surface area (Å²) >= 11 is 0. The van der Waals surface area contributed by atoms with E-state index < -0.39 is 15.9 Å². The van der Waals surface area contributed by atoms with Crippen molar-refractivity contribution in [3.05, 3.63) is 71.3 Å². The summed E-state index contributed by atoms with van der Waals surface area (Å²) in [5, 5.41) is 3.01. The van der Waals surface area contributed by atoms with Crippen LogP contribution >= 0.6 is 0 Å². The van der Waals surface area contributed by atoms with Crippen LogP contribution in [0.5, 0.6) is 0 Å². The van der Waals surface area contributed by atoms with Crippen molar-refractivity contribution >= 4 is 15.7 Å². The highest BCUT2D eigenvalue weighted by atomic mass is 32.2. The third-order valence-electron chi connectivity index (χ3n) is 4.91. The van der Waals surface area contributed by atoms with Crippen molar-refractivity contribution in [3.8, 4) is 0 Å². The van der Waals surface area contributed by atoms with Crippen molar-refractivity contribution < 1.29 is 17.9 Å². The fourth-order valence-corrected chi connectivity index (χ4v) is 4.58. The van der Waals surface area contributed by atoms with Crippen LogP contribution in [-0.4, -0.2) is 50.9 Å². The number of carbonyl (C=O) groups is 1. The molecule has 0 bridgehead atoms. The summed E-state index contributed by atoms with van der Waals surface area (Å²) in [6.45, 7) is 1.70. The van der Waals surface area contributed by atoms with E-state index in [1.165, 1.54) is 0 Å². The zero-order valence-electron chi connectivity index (χ0n) is 16.0. The molecule has 1 heterocycles. The molecule has 2 aromatic rings. The van der Waals surface area contributed by atoms with Crippen LogP contribution in [0.15, 0.2) is 54.6 Å². The molecule has 1 amide bonds. The van der Waals surface area contributed by atoms with Gasteiger partial charge in [-0.1, -0.05) is 54.6 Å². The zero-order chi connectivity index (χ0) is 20.0. The lowest BCUT2D eigenvalue weighted by Crippen LogP contribution is -2.47. The molecule has 7 heteroatoms. The molecule has 1 unspecified atom stereocenters. The smallest absolute Gasteiger partial charge is 0.242 e. The molecule has 6 nitrogen and oxygen atoms in total. The first-order valence-corrected chi connectivity index (χ1v) is 11.1. The molecule has 0 saturated carbocycles. The van der Waals surface area contributed by atoms with Crippen molar-refractivity contribution in [2.24, 2.45) is 0 Å². The molecule has 1 atom stereocenters. The van der Waals surface area contributed by atoms with Gasteiger partial charge in [0.2, 0.25) is 5.91 Å². The second-order valence-corrected chi connectivity index (χ2v) is 9.27. The molecule has 0 radical (unpaired) electrons. The Morgan fingerprint density at radius 1 is 1.04 bits per heavy atom. The second kappa shape index (κ2) is 9.32. The van der Waals surface area contributed by atoms with Crippen molar-refractivity contribution in [1.82, 2.24) is 10.2 Å². The normalized spacial score (nSPS) is 17.8. The summed E-state index contributed by atoms with van der Waals surface area (Å²) in [4.78, 5) is 15.0. The van der Waals surface area contributed by atoms with E-state index in [-0.39, 0.29) is 17.4 Å². The molecule has 0 spiro atoms. The predicted octanol–water partition coefficient (Wildman–Crippen LogP) is 1.92. The summed E-state index contributed by atoms with van der Waals surface area (Å²) in [7, 11) is -1.35. The van der Waals surface area contributed by atoms with Crippen molar-refractivity contribution in [2.75, 3.05) is 31.7 Å². The van der Waals surface area contributed by atoms with E-state index >= 15 is 0 Å². The largest absolute Gasteiger partial charge is 0.380 e. The van der Waals surface area contributed by atoms with Gasteiger partial charge in [0.15, 0.2) is 9.84 Å². The molecule has 28 heavy (non-hydrogen) atoms. The number of rotatable bonds is 7. The van der Waals surface area contributed by atoms with Gasteiger partial charge in [0.05, 0.1) is 18.1 Å². The molecule has 1 aliphatic heterocycles. The van der Waals surface area contributed by atoms with Gasteiger partial charge in [-0.3, -0.25) is 9.69 Å². The Morgan fingerprint density at radius 3 is 2.25 bits per heavy atom. The molecule has 3 rings (SSSR count). The molecular formula is C21H26N2O4S. The Labute approximate surface area is 166 Å². The van der Waals surface area contributed by atoms with Crippen LogP contribution in [-0.2, 0) is 32.5 Å². The van der Waals surface area contributed by atoms with E-state index in [2.05, 4.69) is 5.32 Å². The first-order valence-electron chi connectivity index (χ1n) is 9.32. The highest BCUT2D eigenvalue weighted by molar-refractivity contribution is 7.91. The summed E-state index contributed by atoms with van der Waals surface area (Å²) in [6, 6.07) is 16.9. The number of hydrogen-bond acceptors (Lipinski definition) is 5. The molecule has 150 valence electrons. The Balaban J connectivity index is 1.70. The monoisotopic (exact) mass is 402 g/mol. The van der Waals surface area contributed by atoms with Gasteiger partial charge in [-0.05, 0) is 16.7 Å². The first kappa shape index (κ1) is 20.5. The molecule has 1 N–H and O–H groups in total. The summed E-state index contributed by atoms with van der Waals surface area (Å²) in [5.41, 5.74) is 2.95. The highest BCUT2D eigenvalue weighted by Crippen LogP contribution is 2.23. The number of nitrogens with zero attached hydrogens (tertiary/aromatic N) is 1. The van der Waals surface area contributed by atoms with E-state index in [4.69, 9.17) is 4.74 Å². The number of sulfone groups is 1. The van der Waals surface area contributed by atoms with Gasteiger partial charge in [-0.15, -0.1) is 0 Å². The van der Waals surface area contributed by atoms with E-state index in [0.717, 1.165) is 16.7 Å². The molecule has 0 aliphatic carbocycles. The zero-order valence-corrected chi connectivity index (χ0v) is 16.8. The van der Waals surface area contributed by atoms with Gasteiger partial charge in [0, 0.05) is 26.7 Å². The van der Waals surface area contributed by atoms with E-state index in [1.54, 1.807) is 7.11 Å². The summed E-state index contributed by atoms with van der Waals surface area (Å²) in [6.07, 6.45) is 0. The van der Waals surface area contributed by atoms with E-state index in [9.17, 15) is 13.2 Å². The minimum absolute atomic E-state index is 0.0879. The fourth-order valence-electron chi connectivity index (χ4n) is 3.35. The van der Waals surface area contributed by atoms with Crippen LogP contribution in [0.4, 0.5) is 0 Å². The van der Waals surface area contributed by atoms with Gasteiger partial charge in [-0.25, -0.2) is 8.42 Å². The molecule has 1 fully saturated rings. The van der Waals surface area contributed by atoms with Crippen LogP contribution in [0, 0.1) is 0 Å². The van der Waals surface area contributed by atoms with Crippen molar-refractivity contribution in [1.29, 1.82) is 0 Å². The van der Waals surface area contributed by atoms with Crippen LogP contribution in [0.3, 0.4) is 0 Å². The Bertz CT molecular complexity index is 868. The van der Waals surface area contributed by atoms with Crippen LogP contribution < -0.4 is 5.32 Å². The number of amides is 1. The Kier molecular flexibility index (Phi) is 6.83. The number of carbonyl (C=O) groups excluding carboxylic acids is 1. The van der Waals surface area contributed by atoms with Gasteiger partial charge in [-0.2, -0.15) is 0 Å². The fraction of sp³-hybridized carbons (Fsp3) is 0.381. The van der Waals surface area contributed by atoms with Gasteiger partial charge < -0.3 is 10.1 Å². The number of nitrogens with one attached hydrogen (secondary N) is 1. The first-order chi connectivity index (χ1) is 13.5. The van der Waals surface area contributed by atoms with Gasteiger partial charge >= 0.3 is 0 Å². The number of hydrogen-bond donors (Lipinski definition) is 1. The SMILES string of the molecule is COCc1ccc(CNC(=O)C(c2ccccc2)N2CCS(=O)(=O)CC2)cc1. The maximum Gasteiger partial charge on any atom is 0.242 e. The lowest BCUT2D eigenvalue weighted by molar-refractivity contribution is -0.126. The maximum atomic E-state index is 13.0. The van der Waals surface area contributed by atoms with Crippen LogP contribution in [0.2, 0.25) is 0 Å². The molecule has 1 saturated heterocycles. The molecule has 2 aromatic carbocycles. The van der Waals surface area contributed by atoms with Crippen LogP contribution in [0.25, 0.3) is 0 Å². The topological polar surface area (TPSA) is 75.7 Å². The number of benzene rings is 2. The Hall–Kier alpha value is -2.22. The van der Waals surface area contributed by atoms with E-state index in [0.29, 0.717) is 26.2 Å². The van der Waals surface area contributed by atoms with Crippen molar-refractivity contribution in [3.63, 3.8) is 0 Å². The lowest BCUT2D eigenvalue weighted by Gasteiger charge is -2.33. The van der Waals surface area contributed by atoms with Crippen molar-refractivity contribution in [2.45, 2.75) is 19.2 Å². The average Bonchev–Trinajstić information content (AvgIpc) is 2.70.